The van der Waals surface area contributed by atoms with Gasteiger partial charge < -0.3 is 14.2 Å². The van der Waals surface area contributed by atoms with E-state index in [1.807, 2.05) is 42.5 Å². The van der Waals surface area contributed by atoms with Gasteiger partial charge >= 0.3 is 0 Å². The summed E-state index contributed by atoms with van der Waals surface area (Å²) in [5.74, 6) is 8.52. The van der Waals surface area contributed by atoms with Gasteiger partial charge in [-0.15, -0.1) is 0 Å². The molecule has 0 fully saturated rings. The van der Waals surface area contributed by atoms with Crippen molar-refractivity contribution in [3.05, 3.63) is 53.6 Å². The summed E-state index contributed by atoms with van der Waals surface area (Å²) in [5.41, 5.74) is 1.81. The second-order valence-electron chi connectivity index (χ2n) is 4.05. The first-order valence-electron chi connectivity index (χ1n) is 5.91. The van der Waals surface area contributed by atoms with Crippen LogP contribution in [0.3, 0.4) is 0 Å². The van der Waals surface area contributed by atoms with Crippen LogP contribution in [0.4, 0.5) is 0 Å². The van der Waals surface area contributed by atoms with Gasteiger partial charge in [0.1, 0.15) is 5.75 Å². The number of hydrogen-bond acceptors (Lipinski definition) is 3. The van der Waals surface area contributed by atoms with Gasteiger partial charge in [0, 0.05) is 11.1 Å². The maximum absolute atomic E-state index is 5.32. The molecule has 0 amide bonds. The summed E-state index contributed by atoms with van der Waals surface area (Å²) >= 11 is 0. The Labute approximate surface area is 111 Å². The zero-order valence-electron chi connectivity index (χ0n) is 10.5. The van der Waals surface area contributed by atoms with E-state index in [2.05, 4.69) is 11.8 Å². The lowest BCUT2D eigenvalue weighted by molar-refractivity contribution is 0.174. The van der Waals surface area contributed by atoms with Gasteiger partial charge in [0.15, 0.2) is 11.5 Å². The molecule has 1 aliphatic rings. The highest BCUT2D eigenvalue weighted by molar-refractivity contribution is 5.51. The number of fused-ring (bicyclic) bond motifs is 1. The van der Waals surface area contributed by atoms with E-state index in [-0.39, 0.29) is 6.79 Å². The van der Waals surface area contributed by atoms with Crippen molar-refractivity contribution in [1.29, 1.82) is 0 Å². The van der Waals surface area contributed by atoms with Crippen LogP contribution in [-0.4, -0.2) is 13.9 Å². The second kappa shape index (κ2) is 4.95. The van der Waals surface area contributed by atoms with Crippen LogP contribution in [0.1, 0.15) is 11.1 Å². The average molecular weight is 252 g/mol. The number of benzene rings is 2. The minimum absolute atomic E-state index is 0.280. The first kappa shape index (κ1) is 11.5. The summed E-state index contributed by atoms with van der Waals surface area (Å²) < 4.78 is 15.7. The van der Waals surface area contributed by atoms with Gasteiger partial charge in [-0.05, 0) is 36.4 Å². The summed E-state index contributed by atoms with van der Waals surface area (Å²) in [7, 11) is 1.64. The number of rotatable bonds is 1. The largest absolute Gasteiger partial charge is 0.497 e. The molecule has 19 heavy (non-hydrogen) atoms. The summed E-state index contributed by atoms with van der Waals surface area (Å²) in [6.07, 6.45) is 0. The molecule has 0 saturated carbocycles. The molecule has 2 aromatic rings. The summed E-state index contributed by atoms with van der Waals surface area (Å²) in [6, 6.07) is 13.3. The lowest BCUT2D eigenvalue weighted by Crippen LogP contribution is -1.92. The normalized spacial score (nSPS) is 11.6. The van der Waals surface area contributed by atoms with Crippen molar-refractivity contribution in [2.75, 3.05) is 13.9 Å². The van der Waals surface area contributed by atoms with Crippen molar-refractivity contribution in [2.45, 2.75) is 0 Å². The van der Waals surface area contributed by atoms with Gasteiger partial charge in [-0.25, -0.2) is 0 Å². The fourth-order valence-corrected chi connectivity index (χ4v) is 1.82. The maximum atomic E-state index is 5.32. The first-order chi connectivity index (χ1) is 9.35. The molecule has 0 saturated heterocycles. The fraction of sp³-hybridized carbons (Fsp3) is 0.125. The Kier molecular flexibility index (Phi) is 2.99. The molecule has 3 heteroatoms. The van der Waals surface area contributed by atoms with E-state index in [1.54, 1.807) is 7.11 Å². The molecule has 0 bridgehead atoms. The van der Waals surface area contributed by atoms with E-state index in [1.165, 1.54) is 0 Å². The highest BCUT2D eigenvalue weighted by atomic mass is 16.7. The first-order valence-corrected chi connectivity index (χ1v) is 5.91. The van der Waals surface area contributed by atoms with E-state index >= 15 is 0 Å². The lowest BCUT2D eigenvalue weighted by atomic mass is 10.1. The third kappa shape index (κ3) is 2.48. The zero-order chi connectivity index (χ0) is 13.1. The Morgan fingerprint density at radius 1 is 0.947 bits per heavy atom. The highest BCUT2D eigenvalue weighted by Gasteiger charge is 2.12. The van der Waals surface area contributed by atoms with E-state index < -0.39 is 0 Å². The Hall–Kier alpha value is -2.60. The number of hydrogen-bond donors (Lipinski definition) is 0. The van der Waals surface area contributed by atoms with Crippen LogP contribution >= 0.6 is 0 Å². The Balaban J connectivity index is 1.87. The molecule has 1 aliphatic heterocycles. The molecule has 0 atom stereocenters. The molecule has 94 valence electrons. The van der Waals surface area contributed by atoms with Crippen molar-refractivity contribution < 1.29 is 14.2 Å². The van der Waals surface area contributed by atoms with Crippen LogP contribution in [0.15, 0.2) is 42.5 Å². The van der Waals surface area contributed by atoms with E-state index in [4.69, 9.17) is 14.2 Å². The summed E-state index contributed by atoms with van der Waals surface area (Å²) in [5, 5.41) is 0. The predicted octanol–water partition coefficient (Wildman–Crippen LogP) is 2.82. The quantitative estimate of drug-likeness (QED) is 0.730. The van der Waals surface area contributed by atoms with Crippen molar-refractivity contribution >= 4 is 0 Å². The summed E-state index contributed by atoms with van der Waals surface area (Å²) in [6.45, 7) is 0.280. The lowest BCUT2D eigenvalue weighted by Gasteiger charge is -1.98. The highest BCUT2D eigenvalue weighted by Crippen LogP contribution is 2.32. The minimum Gasteiger partial charge on any atom is -0.497 e. The molecule has 0 unspecified atom stereocenters. The molecule has 0 aliphatic carbocycles. The molecule has 3 nitrogen and oxygen atoms in total. The molecule has 0 aromatic heterocycles. The predicted molar refractivity (Wildman–Crippen MR) is 71.5 cm³/mol. The SMILES string of the molecule is COc1cccc(C#Cc2ccc3c(c2)OCO3)c1. The van der Waals surface area contributed by atoms with Crippen molar-refractivity contribution in [3.63, 3.8) is 0 Å². The molecule has 1 heterocycles. The Morgan fingerprint density at radius 3 is 2.58 bits per heavy atom. The van der Waals surface area contributed by atoms with Crippen LogP contribution in [0.25, 0.3) is 0 Å². The van der Waals surface area contributed by atoms with Gasteiger partial charge in [-0.1, -0.05) is 17.9 Å². The monoisotopic (exact) mass is 252 g/mol. The van der Waals surface area contributed by atoms with Crippen LogP contribution < -0.4 is 14.2 Å². The summed E-state index contributed by atoms with van der Waals surface area (Å²) in [4.78, 5) is 0. The second-order valence-corrected chi connectivity index (χ2v) is 4.05. The van der Waals surface area contributed by atoms with E-state index in [0.717, 1.165) is 28.4 Å². The van der Waals surface area contributed by atoms with Gasteiger partial charge in [-0.3, -0.25) is 0 Å². The van der Waals surface area contributed by atoms with E-state index in [0.29, 0.717) is 0 Å². The van der Waals surface area contributed by atoms with Gasteiger partial charge in [0.25, 0.3) is 0 Å². The Morgan fingerprint density at radius 2 is 1.74 bits per heavy atom. The van der Waals surface area contributed by atoms with Crippen molar-refractivity contribution in [2.24, 2.45) is 0 Å². The van der Waals surface area contributed by atoms with Crippen molar-refractivity contribution in [1.82, 2.24) is 0 Å². The minimum atomic E-state index is 0.280. The smallest absolute Gasteiger partial charge is 0.231 e. The zero-order valence-corrected chi connectivity index (χ0v) is 10.5. The molecule has 0 radical (unpaired) electrons. The molecule has 0 N–H and O–H groups in total. The van der Waals surface area contributed by atoms with Gasteiger partial charge in [0.05, 0.1) is 7.11 Å². The van der Waals surface area contributed by atoms with Gasteiger partial charge in [0.2, 0.25) is 6.79 Å². The average Bonchev–Trinajstić information content (AvgIpc) is 2.93. The van der Waals surface area contributed by atoms with E-state index in [9.17, 15) is 0 Å². The molecular formula is C16H12O3. The molecule has 3 rings (SSSR count). The van der Waals surface area contributed by atoms with Crippen LogP contribution in [-0.2, 0) is 0 Å². The maximum Gasteiger partial charge on any atom is 0.231 e. The third-order valence-corrected chi connectivity index (χ3v) is 2.79. The third-order valence-electron chi connectivity index (χ3n) is 2.79. The van der Waals surface area contributed by atoms with Crippen molar-refractivity contribution in [3.8, 4) is 29.1 Å². The van der Waals surface area contributed by atoms with Gasteiger partial charge in [-0.2, -0.15) is 0 Å². The standard InChI is InChI=1S/C16H12O3/c1-17-14-4-2-3-12(9-14)5-6-13-7-8-15-16(10-13)19-11-18-15/h2-4,7-10H,11H2,1H3. The number of methoxy groups -OCH3 is 1. The molecule has 0 spiro atoms. The fourth-order valence-electron chi connectivity index (χ4n) is 1.82. The molecule has 2 aromatic carbocycles. The van der Waals surface area contributed by atoms with Crippen LogP contribution in [0.2, 0.25) is 0 Å². The molecular weight excluding hydrogens is 240 g/mol. The Bertz CT molecular complexity index is 665. The number of ether oxygens (including phenoxy) is 3. The van der Waals surface area contributed by atoms with Crippen LogP contribution in [0.5, 0.6) is 17.2 Å². The van der Waals surface area contributed by atoms with Crippen LogP contribution in [0, 0.1) is 11.8 Å². The topological polar surface area (TPSA) is 27.7 Å².